The van der Waals surface area contributed by atoms with Gasteiger partial charge in [0.05, 0.1) is 5.75 Å². The van der Waals surface area contributed by atoms with E-state index < -0.39 is 9.84 Å². The summed E-state index contributed by atoms with van der Waals surface area (Å²) in [5.74, 6) is 0.154. The van der Waals surface area contributed by atoms with Crippen molar-refractivity contribution in [2.45, 2.75) is 13.8 Å². The van der Waals surface area contributed by atoms with Gasteiger partial charge in [-0.05, 0) is 37.1 Å². The molecule has 0 spiro atoms. The molecule has 0 saturated heterocycles. The highest BCUT2D eigenvalue weighted by molar-refractivity contribution is 9.10. The SMILES string of the molecule is Cc1cc(NCCS(C)(=O)=O)cc(C)c1Br. The summed E-state index contributed by atoms with van der Waals surface area (Å²) in [5.41, 5.74) is 3.24. The Morgan fingerprint density at radius 3 is 2.19 bits per heavy atom. The predicted molar refractivity (Wildman–Crippen MR) is 71.8 cm³/mol. The van der Waals surface area contributed by atoms with Crippen LogP contribution >= 0.6 is 15.9 Å². The van der Waals surface area contributed by atoms with Gasteiger partial charge in [-0.15, -0.1) is 0 Å². The fourth-order valence-electron chi connectivity index (χ4n) is 1.43. The normalized spacial score (nSPS) is 11.5. The molecule has 0 bridgehead atoms. The second kappa shape index (κ2) is 5.19. The summed E-state index contributed by atoms with van der Waals surface area (Å²) < 4.78 is 23.0. The third-order valence-corrected chi connectivity index (χ3v) is 4.43. The lowest BCUT2D eigenvalue weighted by Gasteiger charge is -2.10. The van der Waals surface area contributed by atoms with Crippen LogP contribution in [0.5, 0.6) is 0 Å². The molecule has 0 fully saturated rings. The zero-order valence-corrected chi connectivity index (χ0v) is 12.1. The molecular formula is C11H16BrNO2S. The van der Waals surface area contributed by atoms with E-state index in [9.17, 15) is 8.42 Å². The molecule has 0 aliphatic rings. The first-order chi connectivity index (χ1) is 7.29. The Balaban J connectivity index is 2.69. The Labute approximate surface area is 105 Å². The number of rotatable bonds is 4. The highest BCUT2D eigenvalue weighted by Gasteiger charge is 2.04. The van der Waals surface area contributed by atoms with Crippen LogP contribution in [0.1, 0.15) is 11.1 Å². The first-order valence-corrected chi connectivity index (χ1v) is 7.83. The van der Waals surface area contributed by atoms with Crippen LogP contribution in [0, 0.1) is 13.8 Å². The summed E-state index contributed by atoms with van der Waals surface area (Å²) in [6.45, 7) is 4.47. The molecule has 1 rings (SSSR count). The smallest absolute Gasteiger partial charge is 0.149 e. The number of aryl methyl sites for hydroxylation is 2. The lowest BCUT2D eigenvalue weighted by molar-refractivity contribution is 0.602. The Kier molecular flexibility index (Phi) is 4.38. The molecule has 0 atom stereocenters. The van der Waals surface area contributed by atoms with E-state index in [0.717, 1.165) is 21.3 Å². The first-order valence-electron chi connectivity index (χ1n) is 4.98. The number of hydrogen-bond acceptors (Lipinski definition) is 3. The maximum absolute atomic E-state index is 11.0. The monoisotopic (exact) mass is 305 g/mol. The van der Waals surface area contributed by atoms with Crippen molar-refractivity contribution in [2.75, 3.05) is 23.9 Å². The van der Waals surface area contributed by atoms with Crippen molar-refractivity contribution in [1.29, 1.82) is 0 Å². The zero-order valence-electron chi connectivity index (χ0n) is 9.67. The summed E-state index contributed by atoms with van der Waals surface area (Å²) in [6, 6.07) is 4.00. The van der Waals surface area contributed by atoms with Crippen molar-refractivity contribution in [1.82, 2.24) is 0 Å². The third-order valence-electron chi connectivity index (χ3n) is 2.24. The van der Waals surface area contributed by atoms with Gasteiger partial charge in [0.2, 0.25) is 0 Å². The molecule has 1 aromatic rings. The number of hydrogen-bond donors (Lipinski definition) is 1. The molecule has 1 aromatic carbocycles. The van der Waals surface area contributed by atoms with Crippen molar-refractivity contribution >= 4 is 31.5 Å². The molecule has 0 aliphatic carbocycles. The van der Waals surface area contributed by atoms with Gasteiger partial charge < -0.3 is 5.32 Å². The Morgan fingerprint density at radius 1 is 1.25 bits per heavy atom. The minimum atomic E-state index is -2.89. The number of benzene rings is 1. The standard InChI is InChI=1S/C11H16BrNO2S/c1-8-6-10(7-9(2)11(8)12)13-4-5-16(3,14)15/h6-7,13H,4-5H2,1-3H3. The molecular weight excluding hydrogens is 290 g/mol. The van der Waals surface area contributed by atoms with Gasteiger partial charge in [-0.3, -0.25) is 0 Å². The van der Waals surface area contributed by atoms with Crippen LogP contribution in [0.15, 0.2) is 16.6 Å². The summed E-state index contributed by atoms with van der Waals surface area (Å²) in [7, 11) is -2.89. The van der Waals surface area contributed by atoms with Gasteiger partial charge in [0.1, 0.15) is 9.84 Å². The molecule has 0 radical (unpaired) electrons. The van der Waals surface area contributed by atoms with Crippen molar-refractivity contribution in [3.8, 4) is 0 Å². The van der Waals surface area contributed by atoms with Gasteiger partial charge in [-0.2, -0.15) is 0 Å². The minimum Gasteiger partial charge on any atom is -0.384 e. The fourth-order valence-corrected chi connectivity index (χ4v) is 2.13. The summed E-state index contributed by atoms with van der Waals surface area (Å²) in [5, 5.41) is 3.11. The molecule has 16 heavy (non-hydrogen) atoms. The van der Waals surface area contributed by atoms with Crippen molar-refractivity contribution in [3.05, 3.63) is 27.7 Å². The second-order valence-corrected chi connectivity index (χ2v) is 7.03. The van der Waals surface area contributed by atoms with E-state index in [-0.39, 0.29) is 5.75 Å². The van der Waals surface area contributed by atoms with Crippen LogP contribution < -0.4 is 5.32 Å². The van der Waals surface area contributed by atoms with Gasteiger partial charge in [-0.25, -0.2) is 8.42 Å². The predicted octanol–water partition coefficient (Wildman–Crippen LogP) is 2.52. The van der Waals surface area contributed by atoms with E-state index in [1.807, 2.05) is 26.0 Å². The van der Waals surface area contributed by atoms with Crippen LogP contribution in [-0.2, 0) is 9.84 Å². The van der Waals surface area contributed by atoms with Crippen LogP contribution in [0.2, 0.25) is 0 Å². The molecule has 0 amide bonds. The zero-order chi connectivity index (χ0) is 12.3. The van der Waals surface area contributed by atoms with E-state index in [4.69, 9.17) is 0 Å². The van der Waals surface area contributed by atoms with E-state index in [1.165, 1.54) is 6.26 Å². The highest BCUT2D eigenvalue weighted by atomic mass is 79.9. The summed E-state index contributed by atoms with van der Waals surface area (Å²) in [6.07, 6.45) is 1.24. The van der Waals surface area contributed by atoms with Crippen molar-refractivity contribution in [3.63, 3.8) is 0 Å². The van der Waals surface area contributed by atoms with Crippen LogP contribution in [-0.4, -0.2) is 27.0 Å². The summed E-state index contributed by atoms with van der Waals surface area (Å²) >= 11 is 3.49. The second-order valence-electron chi connectivity index (χ2n) is 3.98. The number of nitrogens with one attached hydrogen (secondary N) is 1. The maximum atomic E-state index is 11.0. The molecule has 1 N–H and O–H groups in total. The Bertz CT molecular complexity index is 460. The van der Waals surface area contributed by atoms with Crippen LogP contribution in [0.4, 0.5) is 5.69 Å². The van der Waals surface area contributed by atoms with E-state index >= 15 is 0 Å². The quantitative estimate of drug-likeness (QED) is 0.930. The minimum absolute atomic E-state index is 0.154. The van der Waals surface area contributed by atoms with Crippen LogP contribution in [0.25, 0.3) is 0 Å². The van der Waals surface area contributed by atoms with Gasteiger partial charge in [0.15, 0.2) is 0 Å². The number of halogens is 1. The largest absolute Gasteiger partial charge is 0.384 e. The Hall–Kier alpha value is -0.550. The average molecular weight is 306 g/mol. The molecule has 0 aliphatic heterocycles. The molecule has 0 aromatic heterocycles. The molecule has 90 valence electrons. The molecule has 3 nitrogen and oxygen atoms in total. The summed E-state index contributed by atoms with van der Waals surface area (Å²) in [4.78, 5) is 0. The highest BCUT2D eigenvalue weighted by Crippen LogP contribution is 2.24. The van der Waals surface area contributed by atoms with E-state index in [0.29, 0.717) is 6.54 Å². The number of sulfone groups is 1. The molecule has 0 heterocycles. The molecule has 0 saturated carbocycles. The lowest BCUT2D eigenvalue weighted by atomic mass is 10.1. The van der Waals surface area contributed by atoms with Gasteiger partial charge in [0, 0.05) is 23.0 Å². The van der Waals surface area contributed by atoms with Gasteiger partial charge >= 0.3 is 0 Å². The molecule has 0 unspecified atom stereocenters. The fraction of sp³-hybridized carbons (Fsp3) is 0.455. The van der Waals surface area contributed by atoms with E-state index in [2.05, 4.69) is 21.2 Å². The Morgan fingerprint density at radius 2 is 1.75 bits per heavy atom. The topological polar surface area (TPSA) is 46.2 Å². The molecule has 5 heteroatoms. The van der Waals surface area contributed by atoms with Crippen molar-refractivity contribution < 1.29 is 8.42 Å². The third kappa shape index (κ3) is 4.14. The van der Waals surface area contributed by atoms with Gasteiger partial charge in [0.25, 0.3) is 0 Å². The van der Waals surface area contributed by atoms with Crippen molar-refractivity contribution in [2.24, 2.45) is 0 Å². The first kappa shape index (κ1) is 13.5. The average Bonchev–Trinajstić information content (AvgIpc) is 2.12. The van der Waals surface area contributed by atoms with Crippen LogP contribution in [0.3, 0.4) is 0 Å². The van der Waals surface area contributed by atoms with Gasteiger partial charge in [-0.1, -0.05) is 15.9 Å². The van der Waals surface area contributed by atoms with E-state index in [1.54, 1.807) is 0 Å². The number of anilines is 1. The maximum Gasteiger partial charge on any atom is 0.149 e. The lowest BCUT2D eigenvalue weighted by Crippen LogP contribution is -2.14.